The minimum absolute atomic E-state index is 0.126. The van der Waals surface area contributed by atoms with Crippen molar-refractivity contribution < 1.29 is 9.18 Å². The maximum atomic E-state index is 12.8. The highest BCUT2D eigenvalue weighted by Crippen LogP contribution is 2.13. The molecular weight excluding hydrogens is 253 g/mol. The summed E-state index contributed by atoms with van der Waals surface area (Å²) in [5, 5.41) is 3.12. The summed E-state index contributed by atoms with van der Waals surface area (Å²) in [6.07, 6.45) is 0.418. The fourth-order valence-electron chi connectivity index (χ4n) is 2.06. The summed E-state index contributed by atoms with van der Waals surface area (Å²) in [6.45, 7) is 4.46. The van der Waals surface area contributed by atoms with Gasteiger partial charge in [0.25, 0.3) is 0 Å². The maximum absolute atomic E-state index is 12.8. The molecule has 2 rings (SSSR count). The summed E-state index contributed by atoms with van der Waals surface area (Å²) in [5.41, 5.74) is 3.69. The Kier molecular flexibility index (Phi) is 4.51. The van der Waals surface area contributed by atoms with Gasteiger partial charge in [0, 0.05) is 24.2 Å². The summed E-state index contributed by atoms with van der Waals surface area (Å²) in [5.74, 6) is -0.136. The van der Waals surface area contributed by atoms with E-state index in [0.29, 0.717) is 13.0 Å². The van der Waals surface area contributed by atoms with E-state index in [2.05, 4.69) is 5.32 Å². The molecular formula is C17H18FNO. The average Bonchev–Trinajstić information content (AvgIpc) is 2.43. The number of aryl methyl sites for hydroxylation is 2. The minimum Gasteiger partial charge on any atom is -0.385 e. The maximum Gasteiger partial charge on any atom is 0.164 e. The van der Waals surface area contributed by atoms with E-state index in [1.807, 2.05) is 32.0 Å². The van der Waals surface area contributed by atoms with E-state index in [1.54, 1.807) is 12.1 Å². The Bertz CT molecular complexity index is 605. The predicted octanol–water partition coefficient (Wildman–Crippen LogP) is 4.13. The Morgan fingerprint density at radius 2 is 1.80 bits per heavy atom. The monoisotopic (exact) mass is 271 g/mol. The van der Waals surface area contributed by atoms with Crippen LogP contribution in [0.4, 0.5) is 10.1 Å². The molecule has 0 unspecified atom stereocenters. The lowest BCUT2D eigenvalue weighted by atomic mass is 10.0. The second-order valence-electron chi connectivity index (χ2n) is 4.93. The third-order valence-corrected chi connectivity index (χ3v) is 3.22. The lowest BCUT2D eigenvalue weighted by Gasteiger charge is -2.08. The van der Waals surface area contributed by atoms with Gasteiger partial charge < -0.3 is 5.32 Å². The Morgan fingerprint density at radius 1 is 1.10 bits per heavy atom. The van der Waals surface area contributed by atoms with Gasteiger partial charge in [-0.2, -0.15) is 0 Å². The molecule has 0 heterocycles. The molecule has 104 valence electrons. The lowest BCUT2D eigenvalue weighted by molar-refractivity contribution is 0.0986. The van der Waals surface area contributed by atoms with Crippen molar-refractivity contribution in [2.75, 3.05) is 11.9 Å². The molecule has 2 nitrogen and oxygen atoms in total. The van der Waals surface area contributed by atoms with Crippen molar-refractivity contribution in [1.29, 1.82) is 0 Å². The number of Topliss-reactive ketones (excluding diaryl/α,β-unsaturated/α-hetero) is 1. The third kappa shape index (κ3) is 3.67. The fraction of sp³-hybridized carbons (Fsp3) is 0.235. The zero-order valence-corrected chi connectivity index (χ0v) is 11.7. The van der Waals surface area contributed by atoms with Gasteiger partial charge in [0.15, 0.2) is 5.78 Å². The molecule has 0 aromatic heterocycles. The highest BCUT2D eigenvalue weighted by molar-refractivity contribution is 5.97. The lowest BCUT2D eigenvalue weighted by Crippen LogP contribution is -2.10. The average molecular weight is 271 g/mol. The number of halogens is 1. The van der Waals surface area contributed by atoms with Crippen LogP contribution in [0.25, 0.3) is 0 Å². The molecule has 0 saturated heterocycles. The van der Waals surface area contributed by atoms with E-state index in [4.69, 9.17) is 0 Å². The van der Waals surface area contributed by atoms with Gasteiger partial charge in [-0.25, -0.2) is 4.39 Å². The van der Waals surface area contributed by atoms with Crippen molar-refractivity contribution in [3.63, 3.8) is 0 Å². The van der Waals surface area contributed by atoms with E-state index in [9.17, 15) is 9.18 Å². The second-order valence-corrected chi connectivity index (χ2v) is 4.93. The summed E-state index contributed by atoms with van der Waals surface area (Å²) in [7, 11) is 0. The molecule has 2 aromatic carbocycles. The molecule has 2 aromatic rings. The van der Waals surface area contributed by atoms with Crippen LogP contribution < -0.4 is 5.32 Å². The normalized spacial score (nSPS) is 10.3. The second kappa shape index (κ2) is 6.33. The van der Waals surface area contributed by atoms with Crippen LogP contribution >= 0.6 is 0 Å². The Morgan fingerprint density at radius 3 is 2.50 bits per heavy atom. The van der Waals surface area contributed by atoms with Crippen molar-refractivity contribution in [3.05, 3.63) is 65.0 Å². The molecule has 1 N–H and O–H groups in total. The van der Waals surface area contributed by atoms with Gasteiger partial charge in [-0.1, -0.05) is 17.7 Å². The zero-order chi connectivity index (χ0) is 14.5. The van der Waals surface area contributed by atoms with Crippen molar-refractivity contribution in [3.8, 4) is 0 Å². The molecule has 0 spiro atoms. The van der Waals surface area contributed by atoms with Gasteiger partial charge in [-0.05, 0) is 49.7 Å². The molecule has 0 saturated carbocycles. The number of hydrogen-bond donors (Lipinski definition) is 1. The fourth-order valence-corrected chi connectivity index (χ4v) is 2.06. The van der Waals surface area contributed by atoms with Gasteiger partial charge in [0.1, 0.15) is 5.82 Å². The molecule has 0 amide bonds. The van der Waals surface area contributed by atoms with Crippen LogP contribution in [0.3, 0.4) is 0 Å². The first-order valence-electron chi connectivity index (χ1n) is 6.66. The summed E-state index contributed by atoms with van der Waals surface area (Å²) in [4.78, 5) is 12.2. The van der Waals surface area contributed by atoms with E-state index in [0.717, 1.165) is 22.4 Å². The predicted molar refractivity (Wildman–Crippen MR) is 79.8 cm³/mol. The molecule has 0 fully saturated rings. The molecule has 0 bridgehead atoms. The highest BCUT2D eigenvalue weighted by Gasteiger charge is 2.08. The number of ketones is 1. The van der Waals surface area contributed by atoms with Crippen LogP contribution in [-0.2, 0) is 0 Å². The number of anilines is 1. The zero-order valence-electron chi connectivity index (χ0n) is 11.7. The number of carbonyl (C=O) groups excluding carboxylic acids is 1. The molecule has 0 aliphatic carbocycles. The van der Waals surface area contributed by atoms with Crippen molar-refractivity contribution in [2.24, 2.45) is 0 Å². The van der Waals surface area contributed by atoms with Crippen LogP contribution in [-0.4, -0.2) is 12.3 Å². The van der Waals surface area contributed by atoms with Crippen LogP contribution in [0, 0.1) is 19.7 Å². The van der Waals surface area contributed by atoms with Crippen LogP contribution in [0.15, 0.2) is 42.5 Å². The first-order chi connectivity index (χ1) is 9.56. The number of hydrogen-bond acceptors (Lipinski definition) is 2. The number of nitrogens with one attached hydrogen (secondary N) is 1. The molecule has 0 atom stereocenters. The first kappa shape index (κ1) is 14.3. The quantitative estimate of drug-likeness (QED) is 0.828. The molecule has 0 aliphatic heterocycles. The van der Waals surface area contributed by atoms with Gasteiger partial charge in [0.2, 0.25) is 0 Å². The van der Waals surface area contributed by atoms with Gasteiger partial charge >= 0.3 is 0 Å². The smallest absolute Gasteiger partial charge is 0.164 e. The summed E-state index contributed by atoms with van der Waals surface area (Å²) in [6, 6.07) is 12.0. The highest BCUT2D eigenvalue weighted by atomic mass is 19.1. The first-order valence-corrected chi connectivity index (χ1v) is 6.66. The molecule has 3 heteroatoms. The van der Waals surface area contributed by atoms with Crippen molar-refractivity contribution in [1.82, 2.24) is 0 Å². The Hall–Kier alpha value is -2.16. The van der Waals surface area contributed by atoms with Crippen molar-refractivity contribution >= 4 is 11.5 Å². The van der Waals surface area contributed by atoms with Gasteiger partial charge in [-0.3, -0.25) is 4.79 Å². The van der Waals surface area contributed by atoms with Crippen LogP contribution in [0.1, 0.15) is 27.9 Å². The summed E-state index contributed by atoms with van der Waals surface area (Å²) < 4.78 is 12.8. The summed E-state index contributed by atoms with van der Waals surface area (Å²) >= 11 is 0. The topological polar surface area (TPSA) is 29.1 Å². The number of rotatable bonds is 5. The standard InChI is InChI=1S/C17H18FNO/c1-12-3-4-13(2)16(11-12)17(20)9-10-19-15-7-5-14(18)6-8-15/h3-8,11,19H,9-10H2,1-2H3. The van der Waals surface area contributed by atoms with E-state index in [1.165, 1.54) is 12.1 Å². The molecule has 20 heavy (non-hydrogen) atoms. The van der Waals surface area contributed by atoms with Gasteiger partial charge in [-0.15, -0.1) is 0 Å². The third-order valence-electron chi connectivity index (χ3n) is 3.22. The number of benzene rings is 2. The SMILES string of the molecule is Cc1ccc(C)c(C(=O)CCNc2ccc(F)cc2)c1. The minimum atomic E-state index is -0.262. The number of carbonyl (C=O) groups is 1. The Labute approximate surface area is 118 Å². The van der Waals surface area contributed by atoms with Gasteiger partial charge in [0.05, 0.1) is 0 Å². The molecule has 0 aliphatic rings. The largest absolute Gasteiger partial charge is 0.385 e. The van der Waals surface area contributed by atoms with E-state index < -0.39 is 0 Å². The van der Waals surface area contributed by atoms with E-state index in [-0.39, 0.29) is 11.6 Å². The van der Waals surface area contributed by atoms with Crippen molar-refractivity contribution in [2.45, 2.75) is 20.3 Å². The van der Waals surface area contributed by atoms with Crippen LogP contribution in [0.2, 0.25) is 0 Å². The molecule has 0 radical (unpaired) electrons. The van der Waals surface area contributed by atoms with Crippen LogP contribution in [0.5, 0.6) is 0 Å². The Balaban J connectivity index is 1.92. The van der Waals surface area contributed by atoms with E-state index >= 15 is 0 Å².